The van der Waals surface area contributed by atoms with Crippen LogP contribution < -0.4 is 0 Å². The van der Waals surface area contributed by atoms with E-state index in [0.29, 0.717) is 29.4 Å². The highest BCUT2D eigenvalue weighted by Crippen LogP contribution is 2.40. The molecule has 0 unspecified atom stereocenters. The molecule has 0 fully saturated rings. The Kier molecular flexibility index (Phi) is 6.99. The van der Waals surface area contributed by atoms with E-state index in [2.05, 4.69) is 104 Å². The van der Waals surface area contributed by atoms with Crippen molar-refractivity contribution in [1.82, 2.24) is 34.3 Å². The van der Waals surface area contributed by atoms with Crippen LogP contribution in [0.25, 0.3) is 101 Å². The molecule has 7 aromatic carbocycles. The van der Waals surface area contributed by atoms with E-state index < -0.39 is 0 Å². The molecular formula is C47H29N7O. The Bertz CT molecular complexity index is 3140. The van der Waals surface area contributed by atoms with Crippen LogP contribution in [0, 0.1) is 0 Å². The van der Waals surface area contributed by atoms with E-state index >= 15 is 0 Å². The zero-order valence-corrected chi connectivity index (χ0v) is 29.3. The summed E-state index contributed by atoms with van der Waals surface area (Å²) in [7, 11) is 0. The molecule has 258 valence electrons. The van der Waals surface area contributed by atoms with Gasteiger partial charge >= 0.3 is 0 Å². The number of para-hydroxylation sites is 3. The Labute approximate surface area is 314 Å². The molecule has 0 aliphatic carbocycles. The molecule has 0 amide bonds. The first kappa shape index (κ1) is 30.9. The van der Waals surface area contributed by atoms with Crippen LogP contribution in [0.1, 0.15) is 0 Å². The highest BCUT2D eigenvalue weighted by Gasteiger charge is 2.22. The van der Waals surface area contributed by atoms with Crippen LogP contribution >= 0.6 is 0 Å². The van der Waals surface area contributed by atoms with Gasteiger partial charge in [0.25, 0.3) is 0 Å². The molecule has 0 atom stereocenters. The topological polar surface area (TPSA) is 87.5 Å². The molecule has 11 rings (SSSR count). The van der Waals surface area contributed by atoms with E-state index in [9.17, 15) is 0 Å². The highest BCUT2D eigenvalue weighted by molar-refractivity contribution is 6.15. The quantitative estimate of drug-likeness (QED) is 0.171. The van der Waals surface area contributed by atoms with E-state index in [-0.39, 0.29) is 0 Å². The summed E-state index contributed by atoms with van der Waals surface area (Å²) in [6.07, 6.45) is 0. The normalized spacial score (nSPS) is 11.6. The summed E-state index contributed by atoms with van der Waals surface area (Å²) < 4.78 is 10.9. The zero-order chi connectivity index (χ0) is 36.3. The molecule has 0 spiro atoms. The maximum atomic E-state index is 6.55. The summed E-state index contributed by atoms with van der Waals surface area (Å²) >= 11 is 0. The highest BCUT2D eigenvalue weighted by atomic mass is 16.4. The molecule has 0 N–H and O–H groups in total. The summed E-state index contributed by atoms with van der Waals surface area (Å²) in [5.74, 6) is 2.59. The second-order valence-electron chi connectivity index (χ2n) is 13.4. The standard InChI is InChI=1S/C47H29N7O/c1-4-15-30(16-5-1)43-48-44(31-17-6-2-7-18-31)50-47(49-43)54-39-25-13-11-22-35(39)42-36(23-14-26-41(42)54)46-52-51-45(55-46)32-27-28-40-37(29-32)34-21-10-12-24-38(34)53(40)33-19-8-3-9-20-33/h1-29H. The van der Waals surface area contributed by atoms with Crippen molar-refractivity contribution in [3.8, 4) is 57.3 Å². The number of hydrogen-bond donors (Lipinski definition) is 0. The van der Waals surface area contributed by atoms with Crippen LogP contribution in [0.5, 0.6) is 0 Å². The van der Waals surface area contributed by atoms with Gasteiger partial charge in [-0.15, -0.1) is 10.2 Å². The maximum Gasteiger partial charge on any atom is 0.248 e. The van der Waals surface area contributed by atoms with Gasteiger partial charge in [-0.1, -0.05) is 121 Å². The second kappa shape index (κ2) is 12.5. The van der Waals surface area contributed by atoms with Gasteiger partial charge < -0.3 is 8.98 Å². The maximum absolute atomic E-state index is 6.55. The Balaban J connectivity index is 1.07. The van der Waals surface area contributed by atoms with Crippen LogP contribution in [0.2, 0.25) is 0 Å². The van der Waals surface area contributed by atoms with E-state index in [1.54, 1.807) is 0 Å². The average molecular weight is 708 g/mol. The van der Waals surface area contributed by atoms with E-state index in [4.69, 9.17) is 19.4 Å². The summed E-state index contributed by atoms with van der Waals surface area (Å²) in [6, 6.07) is 59.7. The van der Waals surface area contributed by atoms with E-state index in [0.717, 1.165) is 71.6 Å². The molecule has 0 saturated heterocycles. The van der Waals surface area contributed by atoms with Gasteiger partial charge in [-0.2, -0.15) is 9.97 Å². The smallest absolute Gasteiger partial charge is 0.248 e. The molecule has 0 radical (unpaired) electrons. The second-order valence-corrected chi connectivity index (χ2v) is 13.4. The Morgan fingerprint density at radius 2 is 0.945 bits per heavy atom. The first-order chi connectivity index (χ1) is 27.3. The Morgan fingerprint density at radius 3 is 1.65 bits per heavy atom. The molecule has 0 saturated carbocycles. The lowest BCUT2D eigenvalue weighted by Gasteiger charge is -2.11. The average Bonchev–Trinajstić information content (AvgIpc) is 3.98. The lowest BCUT2D eigenvalue weighted by Crippen LogP contribution is -2.06. The zero-order valence-electron chi connectivity index (χ0n) is 29.3. The van der Waals surface area contributed by atoms with Crippen LogP contribution in [0.4, 0.5) is 0 Å². The summed E-state index contributed by atoms with van der Waals surface area (Å²) in [5, 5.41) is 13.5. The number of aromatic nitrogens is 7. The lowest BCUT2D eigenvalue weighted by atomic mass is 10.1. The van der Waals surface area contributed by atoms with Crippen molar-refractivity contribution in [2.24, 2.45) is 0 Å². The number of fused-ring (bicyclic) bond motifs is 6. The Hall–Kier alpha value is -7.71. The third-order valence-corrected chi connectivity index (χ3v) is 10.2. The third kappa shape index (κ3) is 5.04. The number of benzene rings is 7. The van der Waals surface area contributed by atoms with Crippen molar-refractivity contribution in [2.75, 3.05) is 0 Å². The van der Waals surface area contributed by atoms with Crippen LogP contribution in [0.15, 0.2) is 180 Å². The fourth-order valence-corrected chi connectivity index (χ4v) is 7.72. The van der Waals surface area contributed by atoms with Crippen molar-refractivity contribution in [1.29, 1.82) is 0 Å². The van der Waals surface area contributed by atoms with E-state index in [1.807, 2.05) is 91.0 Å². The molecule has 0 aliphatic heterocycles. The SMILES string of the molecule is c1ccc(-c2nc(-c3ccccc3)nc(-n3c4ccccc4c4c(-c5nnc(-c6ccc7c(c6)c6ccccc6n7-c6ccccc6)o5)cccc43)n2)cc1. The molecule has 55 heavy (non-hydrogen) atoms. The number of rotatable bonds is 6. The van der Waals surface area contributed by atoms with E-state index in [1.165, 1.54) is 0 Å². The van der Waals surface area contributed by atoms with Gasteiger partial charge in [-0.3, -0.25) is 4.57 Å². The van der Waals surface area contributed by atoms with Crippen LogP contribution in [-0.2, 0) is 0 Å². The fourth-order valence-electron chi connectivity index (χ4n) is 7.72. The summed E-state index contributed by atoms with van der Waals surface area (Å²) in [6.45, 7) is 0. The first-order valence-electron chi connectivity index (χ1n) is 18.1. The molecule has 4 heterocycles. The predicted octanol–water partition coefficient (Wildman–Crippen LogP) is 11.1. The van der Waals surface area contributed by atoms with Gasteiger partial charge in [0.1, 0.15) is 0 Å². The molecule has 8 heteroatoms. The van der Waals surface area contributed by atoms with Gasteiger partial charge in [-0.25, -0.2) is 4.98 Å². The molecule has 4 aromatic heterocycles. The monoisotopic (exact) mass is 707 g/mol. The minimum atomic E-state index is 0.431. The molecule has 8 nitrogen and oxygen atoms in total. The van der Waals surface area contributed by atoms with Gasteiger partial charge in [-0.05, 0) is 54.6 Å². The third-order valence-electron chi connectivity index (χ3n) is 10.2. The number of hydrogen-bond acceptors (Lipinski definition) is 6. The van der Waals surface area contributed by atoms with Gasteiger partial charge in [0, 0.05) is 49.5 Å². The molecule has 0 bridgehead atoms. The molecule has 11 aromatic rings. The lowest BCUT2D eigenvalue weighted by molar-refractivity contribution is 0.585. The number of nitrogens with zero attached hydrogens (tertiary/aromatic N) is 7. The van der Waals surface area contributed by atoms with Crippen molar-refractivity contribution in [3.05, 3.63) is 176 Å². The van der Waals surface area contributed by atoms with Gasteiger partial charge in [0.2, 0.25) is 17.7 Å². The first-order valence-corrected chi connectivity index (χ1v) is 18.1. The van der Waals surface area contributed by atoms with Crippen LogP contribution in [0.3, 0.4) is 0 Å². The van der Waals surface area contributed by atoms with Crippen LogP contribution in [-0.4, -0.2) is 34.3 Å². The molecular weight excluding hydrogens is 679 g/mol. The largest absolute Gasteiger partial charge is 0.416 e. The minimum Gasteiger partial charge on any atom is -0.416 e. The summed E-state index contributed by atoms with van der Waals surface area (Å²) in [4.78, 5) is 15.1. The van der Waals surface area contributed by atoms with Crippen molar-refractivity contribution in [2.45, 2.75) is 0 Å². The molecule has 0 aliphatic rings. The van der Waals surface area contributed by atoms with Crippen molar-refractivity contribution in [3.63, 3.8) is 0 Å². The van der Waals surface area contributed by atoms with Crippen molar-refractivity contribution < 1.29 is 4.42 Å². The fraction of sp³-hybridized carbons (Fsp3) is 0. The van der Waals surface area contributed by atoms with Crippen molar-refractivity contribution >= 4 is 43.6 Å². The minimum absolute atomic E-state index is 0.431. The summed E-state index contributed by atoms with van der Waals surface area (Å²) in [5.41, 5.74) is 8.72. The Morgan fingerprint density at radius 1 is 0.382 bits per heavy atom. The van der Waals surface area contributed by atoms with Gasteiger partial charge in [0.05, 0.1) is 22.1 Å². The predicted molar refractivity (Wildman–Crippen MR) is 218 cm³/mol. The van der Waals surface area contributed by atoms with Gasteiger partial charge in [0.15, 0.2) is 11.6 Å².